The highest BCUT2D eigenvalue weighted by molar-refractivity contribution is 5.71. The fourth-order valence-corrected chi connectivity index (χ4v) is 0.732. The van der Waals surface area contributed by atoms with E-state index in [0.717, 1.165) is 0 Å². The maximum Gasteiger partial charge on any atom is 0.332 e. The SMILES string of the molecule is CC(C)(C)OC(=O)COCC#CC#CCN. The zero-order chi connectivity index (χ0) is 12.4. The third-order valence-corrected chi connectivity index (χ3v) is 1.16. The number of nitrogens with two attached hydrogens (primary N) is 1. The van der Waals surface area contributed by atoms with Crippen LogP contribution in [0.5, 0.6) is 0 Å². The average Bonchev–Trinajstić information content (AvgIpc) is 2.13. The summed E-state index contributed by atoms with van der Waals surface area (Å²) < 4.78 is 10.0. The molecule has 0 amide bonds. The molecule has 0 aliphatic carbocycles. The van der Waals surface area contributed by atoms with E-state index in [1.165, 1.54) is 0 Å². The number of carbonyl (C=O) groups is 1. The topological polar surface area (TPSA) is 61.5 Å². The number of ether oxygens (including phenoxy) is 2. The van der Waals surface area contributed by atoms with Crippen molar-refractivity contribution in [1.82, 2.24) is 0 Å². The smallest absolute Gasteiger partial charge is 0.332 e. The van der Waals surface area contributed by atoms with E-state index in [2.05, 4.69) is 23.7 Å². The van der Waals surface area contributed by atoms with E-state index in [-0.39, 0.29) is 19.8 Å². The molecule has 0 radical (unpaired) electrons. The molecule has 16 heavy (non-hydrogen) atoms. The van der Waals surface area contributed by atoms with Crippen molar-refractivity contribution in [3.05, 3.63) is 0 Å². The summed E-state index contributed by atoms with van der Waals surface area (Å²) in [5, 5.41) is 0. The summed E-state index contributed by atoms with van der Waals surface area (Å²) in [5.41, 5.74) is 4.65. The fraction of sp³-hybridized carbons (Fsp3) is 0.583. The molecule has 0 aliphatic heterocycles. The maximum absolute atomic E-state index is 11.2. The van der Waals surface area contributed by atoms with Gasteiger partial charge in [-0.25, -0.2) is 4.79 Å². The normalized spacial score (nSPS) is 9.50. The van der Waals surface area contributed by atoms with Crippen molar-refractivity contribution in [3.63, 3.8) is 0 Å². The molecule has 0 atom stereocenters. The van der Waals surface area contributed by atoms with Crippen LogP contribution in [0.2, 0.25) is 0 Å². The molecule has 0 saturated heterocycles. The molecule has 0 saturated carbocycles. The highest BCUT2D eigenvalue weighted by atomic mass is 16.6. The van der Waals surface area contributed by atoms with Crippen LogP contribution in [0.4, 0.5) is 0 Å². The van der Waals surface area contributed by atoms with Crippen LogP contribution in [0.25, 0.3) is 0 Å². The lowest BCUT2D eigenvalue weighted by molar-refractivity contribution is -0.159. The van der Waals surface area contributed by atoms with Gasteiger partial charge in [-0.3, -0.25) is 0 Å². The molecule has 0 rings (SSSR count). The largest absolute Gasteiger partial charge is 0.458 e. The second-order valence-corrected chi connectivity index (χ2v) is 3.89. The molecule has 0 spiro atoms. The van der Waals surface area contributed by atoms with Gasteiger partial charge in [-0.15, -0.1) is 0 Å². The fourth-order valence-electron chi connectivity index (χ4n) is 0.732. The second kappa shape index (κ2) is 7.76. The average molecular weight is 223 g/mol. The van der Waals surface area contributed by atoms with E-state index in [4.69, 9.17) is 15.2 Å². The molecule has 0 heterocycles. The highest BCUT2D eigenvalue weighted by Crippen LogP contribution is 2.06. The molecule has 0 fully saturated rings. The summed E-state index contributed by atoms with van der Waals surface area (Å²) in [6.45, 7) is 5.73. The third-order valence-electron chi connectivity index (χ3n) is 1.16. The minimum atomic E-state index is -0.487. The van der Waals surface area contributed by atoms with E-state index >= 15 is 0 Å². The van der Waals surface area contributed by atoms with Crippen LogP contribution in [0.15, 0.2) is 0 Å². The number of esters is 1. The van der Waals surface area contributed by atoms with Gasteiger partial charge in [0.15, 0.2) is 0 Å². The van der Waals surface area contributed by atoms with E-state index in [9.17, 15) is 4.79 Å². The Balaban J connectivity index is 3.66. The minimum absolute atomic E-state index is 0.101. The molecule has 4 nitrogen and oxygen atoms in total. The van der Waals surface area contributed by atoms with Crippen molar-refractivity contribution in [2.24, 2.45) is 5.73 Å². The summed E-state index contributed by atoms with van der Waals surface area (Å²) in [6, 6.07) is 0. The Morgan fingerprint density at radius 1 is 1.25 bits per heavy atom. The zero-order valence-electron chi connectivity index (χ0n) is 9.92. The van der Waals surface area contributed by atoms with Gasteiger partial charge in [-0.1, -0.05) is 11.8 Å². The van der Waals surface area contributed by atoms with Gasteiger partial charge in [0.1, 0.15) is 18.8 Å². The monoisotopic (exact) mass is 223 g/mol. The van der Waals surface area contributed by atoms with Crippen LogP contribution in [-0.2, 0) is 14.3 Å². The summed E-state index contributed by atoms with van der Waals surface area (Å²) in [6.07, 6.45) is 0. The molecule has 0 aromatic carbocycles. The predicted octanol–water partition coefficient (Wildman–Crippen LogP) is 0.310. The Morgan fingerprint density at radius 2 is 1.88 bits per heavy atom. The molecule has 2 N–H and O–H groups in total. The molecular formula is C12H17NO3. The molecule has 0 aliphatic rings. The second-order valence-electron chi connectivity index (χ2n) is 3.89. The number of rotatable bonds is 3. The molecular weight excluding hydrogens is 206 g/mol. The van der Waals surface area contributed by atoms with Crippen LogP contribution < -0.4 is 5.73 Å². The Kier molecular flexibility index (Phi) is 7.03. The van der Waals surface area contributed by atoms with Crippen molar-refractivity contribution in [3.8, 4) is 23.7 Å². The number of hydrogen-bond donors (Lipinski definition) is 1. The van der Waals surface area contributed by atoms with Crippen molar-refractivity contribution in [2.75, 3.05) is 19.8 Å². The van der Waals surface area contributed by atoms with Gasteiger partial charge < -0.3 is 15.2 Å². The van der Waals surface area contributed by atoms with Crippen LogP contribution in [0.1, 0.15) is 20.8 Å². The number of carbonyl (C=O) groups excluding carboxylic acids is 1. The maximum atomic E-state index is 11.2. The first-order valence-corrected chi connectivity index (χ1v) is 4.91. The van der Waals surface area contributed by atoms with Crippen LogP contribution in [-0.4, -0.2) is 31.3 Å². The first kappa shape index (κ1) is 14.5. The summed E-state index contributed by atoms with van der Waals surface area (Å²) in [5.74, 6) is 9.88. The lowest BCUT2D eigenvalue weighted by atomic mass is 10.2. The number of hydrogen-bond acceptors (Lipinski definition) is 4. The Labute approximate surface area is 96.5 Å². The van der Waals surface area contributed by atoms with Crippen LogP contribution >= 0.6 is 0 Å². The zero-order valence-corrected chi connectivity index (χ0v) is 9.92. The molecule has 0 bridgehead atoms. The quantitative estimate of drug-likeness (QED) is 0.425. The molecule has 4 heteroatoms. The Bertz CT molecular complexity index is 333. The lowest BCUT2D eigenvalue weighted by Crippen LogP contribution is -2.26. The molecule has 0 unspecified atom stereocenters. The van der Waals surface area contributed by atoms with Gasteiger partial charge in [0.25, 0.3) is 0 Å². The van der Waals surface area contributed by atoms with Gasteiger partial charge >= 0.3 is 5.97 Å². The third kappa shape index (κ3) is 10.6. The standard InChI is InChI=1S/C12H17NO3/c1-12(2,3)16-11(14)10-15-9-7-5-4-6-8-13/h8-10,13H2,1-3H3. The highest BCUT2D eigenvalue weighted by Gasteiger charge is 2.15. The van der Waals surface area contributed by atoms with Crippen molar-refractivity contribution in [2.45, 2.75) is 26.4 Å². The van der Waals surface area contributed by atoms with Crippen molar-refractivity contribution in [1.29, 1.82) is 0 Å². The Morgan fingerprint density at radius 3 is 2.44 bits per heavy atom. The van der Waals surface area contributed by atoms with E-state index in [1.807, 2.05) is 0 Å². The van der Waals surface area contributed by atoms with Gasteiger partial charge in [0.05, 0.1) is 6.54 Å². The first-order chi connectivity index (χ1) is 7.45. The summed E-state index contributed by atoms with van der Waals surface area (Å²) in [4.78, 5) is 11.2. The first-order valence-electron chi connectivity index (χ1n) is 4.91. The summed E-state index contributed by atoms with van der Waals surface area (Å²) in [7, 11) is 0. The van der Waals surface area contributed by atoms with Crippen molar-refractivity contribution < 1.29 is 14.3 Å². The Hall–Kier alpha value is -1.49. The van der Waals surface area contributed by atoms with Gasteiger partial charge in [-0.2, -0.15) is 0 Å². The molecule has 0 aromatic rings. The van der Waals surface area contributed by atoms with E-state index in [1.54, 1.807) is 20.8 Å². The lowest BCUT2D eigenvalue weighted by Gasteiger charge is -2.19. The van der Waals surface area contributed by atoms with Gasteiger partial charge in [0, 0.05) is 0 Å². The van der Waals surface area contributed by atoms with Gasteiger partial charge in [-0.05, 0) is 32.6 Å². The van der Waals surface area contributed by atoms with E-state index < -0.39 is 11.6 Å². The van der Waals surface area contributed by atoms with E-state index in [0.29, 0.717) is 0 Å². The van der Waals surface area contributed by atoms with Crippen molar-refractivity contribution >= 4 is 5.97 Å². The predicted molar refractivity (Wildman–Crippen MR) is 61.3 cm³/mol. The molecule has 88 valence electrons. The van der Waals surface area contributed by atoms with Crippen LogP contribution in [0, 0.1) is 23.7 Å². The summed E-state index contributed by atoms with van der Waals surface area (Å²) >= 11 is 0. The molecule has 0 aromatic heterocycles. The minimum Gasteiger partial charge on any atom is -0.458 e. The van der Waals surface area contributed by atoms with Crippen LogP contribution in [0.3, 0.4) is 0 Å². The van der Waals surface area contributed by atoms with Gasteiger partial charge in [0.2, 0.25) is 0 Å².